The van der Waals surface area contributed by atoms with Crippen LogP contribution in [-0.4, -0.2) is 29.4 Å². The van der Waals surface area contributed by atoms with E-state index in [0.717, 1.165) is 15.7 Å². The van der Waals surface area contributed by atoms with Crippen LogP contribution in [0.3, 0.4) is 0 Å². The van der Waals surface area contributed by atoms with E-state index in [4.69, 9.17) is 4.84 Å². The van der Waals surface area contributed by atoms with E-state index in [-0.39, 0.29) is 17.9 Å². The Morgan fingerprint density at radius 1 is 1.04 bits per heavy atom. The molecular formula is C19H17BrN2O3. The summed E-state index contributed by atoms with van der Waals surface area (Å²) in [5, 5.41) is 1.71. The van der Waals surface area contributed by atoms with Gasteiger partial charge >= 0.3 is 0 Å². The molecule has 25 heavy (non-hydrogen) atoms. The summed E-state index contributed by atoms with van der Waals surface area (Å²) in [5.41, 5.74) is 1.76. The van der Waals surface area contributed by atoms with Crippen LogP contribution >= 0.6 is 15.9 Å². The second kappa shape index (κ2) is 6.28. The van der Waals surface area contributed by atoms with Crippen molar-refractivity contribution in [3.63, 3.8) is 0 Å². The highest BCUT2D eigenvalue weighted by molar-refractivity contribution is 9.10. The number of carbonyl (C=O) groups is 2. The van der Waals surface area contributed by atoms with Gasteiger partial charge in [0, 0.05) is 11.0 Å². The number of hydroxylamine groups is 1. The first-order valence-electron chi connectivity index (χ1n) is 8.23. The summed E-state index contributed by atoms with van der Waals surface area (Å²) in [4.78, 5) is 32.7. The van der Waals surface area contributed by atoms with Crippen molar-refractivity contribution in [2.75, 3.05) is 11.6 Å². The van der Waals surface area contributed by atoms with Crippen LogP contribution in [0.25, 0.3) is 0 Å². The van der Waals surface area contributed by atoms with Crippen molar-refractivity contribution in [3.05, 3.63) is 64.6 Å². The van der Waals surface area contributed by atoms with Gasteiger partial charge in [-0.15, -0.1) is 0 Å². The summed E-state index contributed by atoms with van der Waals surface area (Å²) in [6.45, 7) is 2.17. The van der Waals surface area contributed by atoms with Crippen LogP contribution < -0.4 is 5.06 Å². The number of imide groups is 1. The van der Waals surface area contributed by atoms with Gasteiger partial charge in [0.25, 0.3) is 5.91 Å². The molecule has 2 heterocycles. The minimum Gasteiger partial charge on any atom is -0.280 e. The number of halogens is 1. The number of anilines is 1. The van der Waals surface area contributed by atoms with Crippen LogP contribution in [0.15, 0.2) is 59.1 Å². The van der Waals surface area contributed by atoms with Gasteiger partial charge in [-0.2, -0.15) is 0 Å². The maximum absolute atomic E-state index is 12.9. The van der Waals surface area contributed by atoms with Crippen molar-refractivity contribution in [2.24, 2.45) is 5.92 Å². The fraction of sp³-hybridized carbons (Fsp3) is 0.263. The Labute approximate surface area is 154 Å². The molecular weight excluding hydrogens is 384 g/mol. The Bertz CT molecular complexity index is 826. The maximum atomic E-state index is 12.9. The van der Waals surface area contributed by atoms with Crippen molar-refractivity contribution >= 4 is 33.4 Å². The smallest absolute Gasteiger partial charge is 0.261 e. The van der Waals surface area contributed by atoms with Gasteiger partial charge in [0.2, 0.25) is 5.91 Å². The molecule has 2 fully saturated rings. The van der Waals surface area contributed by atoms with Crippen molar-refractivity contribution in [1.82, 2.24) is 4.90 Å². The summed E-state index contributed by atoms with van der Waals surface area (Å²) in [6, 6.07) is 17.0. The normalized spacial score (nSPS) is 25.6. The Hall–Kier alpha value is -2.18. The molecule has 2 aliphatic rings. The summed E-state index contributed by atoms with van der Waals surface area (Å²) in [6.07, 6.45) is -0.767. The molecule has 6 heteroatoms. The Balaban J connectivity index is 1.82. The Morgan fingerprint density at radius 3 is 2.48 bits per heavy atom. The molecule has 0 spiro atoms. The molecule has 0 N–H and O–H groups in total. The van der Waals surface area contributed by atoms with Gasteiger partial charge in [0.05, 0.1) is 11.7 Å². The van der Waals surface area contributed by atoms with Crippen LogP contribution in [0.5, 0.6) is 0 Å². The fourth-order valence-electron chi connectivity index (χ4n) is 3.61. The van der Waals surface area contributed by atoms with Crippen LogP contribution in [0.4, 0.5) is 5.69 Å². The number of nitrogens with zero attached hydrogens (tertiary/aromatic N) is 2. The van der Waals surface area contributed by atoms with E-state index in [1.54, 1.807) is 12.0 Å². The lowest BCUT2D eigenvalue weighted by Gasteiger charge is -2.28. The minimum atomic E-state index is -0.767. The quantitative estimate of drug-likeness (QED) is 0.741. The van der Waals surface area contributed by atoms with Gasteiger partial charge in [-0.25, -0.2) is 5.06 Å². The number of hydrogen-bond donors (Lipinski definition) is 0. The summed E-state index contributed by atoms with van der Waals surface area (Å²) in [5.74, 6) is -0.959. The first-order chi connectivity index (χ1) is 12.1. The molecule has 2 aromatic rings. The predicted molar refractivity (Wildman–Crippen MR) is 96.6 cm³/mol. The molecule has 2 saturated heterocycles. The largest absolute Gasteiger partial charge is 0.280 e. The van der Waals surface area contributed by atoms with Crippen LogP contribution in [0, 0.1) is 5.92 Å². The molecule has 0 bridgehead atoms. The highest BCUT2D eigenvalue weighted by atomic mass is 79.9. The van der Waals surface area contributed by atoms with E-state index < -0.39 is 12.0 Å². The molecule has 0 saturated carbocycles. The zero-order chi connectivity index (χ0) is 17.6. The third-order valence-corrected chi connectivity index (χ3v) is 5.22. The van der Waals surface area contributed by atoms with Gasteiger partial charge in [-0.1, -0.05) is 46.3 Å². The predicted octanol–water partition coefficient (Wildman–Crippen LogP) is 3.32. The van der Waals surface area contributed by atoms with Crippen LogP contribution in [-0.2, 0) is 14.4 Å². The van der Waals surface area contributed by atoms with Crippen LogP contribution in [0.2, 0.25) is 0 Å². The maximum Gasteiger partial charge on any atom is 0.261 e. The summed E-state index contributed by atoms with van der Waals surface area (Å²) in [7, 11) is 0. The molecule has 0 aromatic heterocycles. The highest BCUT2D eigenvalue weighted by Crippen LogP contribution is 2.46. The standard InChI is InChI=1S/C19H17BrN2O3/c1-2-21-18(23)15-16(12-7-6-8-13(20)11-12)22(25-17(15)19(21)24)14-9-4-3-5-10-14/h3-11,15-17H,2H2,1H3/t15-,16-,17+/m0/s1. The van der Waals surface area contributed by atoms with E-state index in [9.17, 15) is 9.59 Å². The molecule has 2 amide bonds. The molecule has 128 valence electrons. The number of fused-ring (bicyclic) bond motifs is 1. The summed E-state index contributed by atoms with van der Waals surface area (Å²) < 4.78 is 0.922. The van der Waals surface area contributed by atoms with Gasteiger partial charge in [0.1, 0.15) is 5.92 Å². The number of likely N-dealkylation sites (tertiary alicyclic amines) is 1. The molecule has 0 aliphatic carbocycles. The average molecular weight is 401 g/mol. The van der Waals surface area contributed by atoms with Gasteiger partial charge in [-0.3, -0.25) is 19.3 Å². The van der Waals surface area contributed by atoms with E-state index in [2.05, 4.69) is 15.9 Å². The van der Waals surface area contributed by atoms with E-state index in [1.165, 1.54) is 4.90 Å². The number of rotatable bonds is 3. The zero-order valence-corrected chi connectivity index (χ0v) is 15.2. The third kappa shape index (κ3) is 2.56. The minimum absolute atomic E-state index is 0.166. The number of likely N-dealkylation sites (N-methyl/N-ethyl adjacent to an activating group) is 1. The van der Waals surface area contributed by atoms with Crippen molar-refractivity contribution in [1.29, 1.82) is 0 Å². The number of amides is 2. The first kappa shape index (κ1) is 16.3. The Kier molecular flexibility index (Phi) is 4.09. The second-order valence-electron chi connectivity index (χ2n) is 6.13. The lowest BCUT2D eigenvalue weighted by atomic mass is 9.90. The fourth-order valence-corrected chi connectivity index (χ4v) is 4.03. The molecule has 0 unspecified atom stereocenters. The van der Waals surface area contributed by atoms with E-state index in [0.29, 0.717) is 6.54 Å². The molecule has 3 atom stereocenters. The Morgan fingerprint density at radius 2 is 1.80 bits per heavy atom. The lowest BCUT2D eigenvalue weighted by molar-refractivity contribution is -0.142. The van der Waals surface area contributed by atoms with E-state index in [1.807, 2.05) is 54.6 Å². The van der Waals surface area contributed by atoms with Gasteiger partial charge in [-0.05, 0) is 36.8 Å². The van der Waals surface area contributed by atoms with Gasteiger partial charge in [0.15, 0.2) is 6.10 Å². The highest BCUT2D eigenvalue weighted by Gasteiger charge is 2.59. The van der Waals surface area contributed by atoms with Crippen LogP contribution in [0.1, 0.15) is 18.5 Å². The average Bonchev–Trinajstić information content (AvgIpc) is 3.12. The summed E-state index contributed by atoms with van der Waals surface area (Å²) >= 11 is 3.49. The topological polar surface area (TPSA) is 49.9 Å². The monoisotopic (exact) mass is 400 g/mol. The molecule has 2 aromatic carbocycles. The molecule has 0 radical (unpaired) electrons. The molecule has 4 rings (SSSR count). The van der Waals surface area contributed by atoms with Gasteiger partial charge < -0.3 is 0 Å². The zero-order valence-electron chi connectivity index (χ0n) is 13.6. The second-order valence-corrected chi connectivity index (χ2v) is 7.05. The van der Waals surface area contributed by atoms with Crippen molar-refractivity contribution in [2.45, 2.75) is 19.1 Å². The molecule has 2 aliphatic heterocycles. The SMILES string of the molecule is CCN1C(=O)[C@@H]2[C@@H](ON(c3ccccc3)[C@H]2c2cccc(Br)c2)C1=O. The first-order valence-corrected chi connectivity index (χ1v) is 9.03. The number of para-hydroxylation sites is 1. The van der Waals surface area contributed by atoms with Crippen molar-refractivity contribution in [3.8, 4) is 0 Å². The number of hydrogen-bond acceptors (Lipinski definition) is 4. The van der Waals surface area contributed by atoms with Crippen molar-refractivity contribution < 1.29 is 14.4 Å². The third-order valence-electron chi connectivity index (χ3n) is 4.72. The number of carbonyl (C=O) groups excluding carboxylic acids is 2. The lowest BCUT2D eigenvalue weighted by Crippen LogP contribution is -2.37. The molecule has 5 nitrogen and oxygen atoms in total. The van der Waals surface area contributed by atoms with E-state index >= 15 is 0 Å². The number of benzene rings is 2.